The summed E-state index contributed by atoms with van der Waals surface area (Å²) < 4.78 is 52.4. The molecule has 0 radical (unpaired) electrons. The lowest BCUT2D eigenvalue weighted by Gasteiger charge is -2.07. The van der Waals surface area contributed by atoms with Crippen LogP contribution in [-0.4, -0.2) is 163 Å². The summed E-state index contributed by atoms with van der Waals surface area (Å²) in [4.78, 5) is 85.3. The summed E-state index contributed by atoms with van der Waals surface area (Å²) in [5.41, 5.74) is 2.19. The van der Waals surface area contributed by atoms with Crippen molar-refractivity contribution in [1.29, 1.82) is 0 Å². The van der Waals surface area contributed by atoms with Gasteiger partial charge in [-0.1, -0.05) is 65.3 Å². The molecule has 0 amide bonds. The van der Waals surface area contributed by atoms with Gasteiger partial charge in [-0.25, -0.2) is 38.4 Å². The van der Waals surface area contributed by atoms with E-state index < -0.39 is 41.9 Å². The van der Waals surface area contributed by atoms with Gasteiger partial charge in [0.05, 0.1) is 45.7 Å². The van der Waals surface area contributed by atoms with Crippen molar-refractivity contribution in [3.8, 4) is 0 Å². The van der Waals surface area contributed by atoms with Crippen LogP contribution in [0.5, 0.6) is 0 Å². The first kappa shape index (κ1) is 72.2. The Kier molecular flexibility index (Phi) is 50.2. The molecule has 0 saturated carbocycles. The van der Waals surface area contributed by atoms with Gasteiger partial charge in [0, 0.05) is 45.6 Å². The average molecular weight is 999 g/mol. The number of aliphatic hydroxyl groups is 2. The van der Waals surface area contributed by atoms with Crippen molar-refractivity contribution in [1.82, 2.24) is 0 Å². The first-order chi connectivity index (χ1) is 32.7. The number of hydrogen-bond donors (Lipinski definition) is 2. The Morgan fingerprint density at radius 2 is 0.800 bits per heavy atom. The Balaban J connectivity index is -0.000000250. The van der Waals surface area contributed by atoms with Gasteiger partial charge in [-0.05, 0) is 48.5 Å². The van der Waals surface area contributed by atoms with Gasteiger partial charge < -0.3 is 62.3 Å². The van der Waals surface area contributed by atoms with Crippen molar-refractivity contribution in [3.05, 3.63) is 111 Å². The highest BCUT2D eigenvalue weighted by molar-refractivity contribution is 5.89. The molecule has 1 aliphatic heterocycles. The summed E-state index contributed by atoms with van der Waals surface area (Å²) in [5.74, 6) is -3.54. The SMILES string of the molecule is C=C(C)C(=O)OCC1CO1.C=C(C)C(=O)OCCOC(=O)C(=C)C.C=C(C)C(=O)OCCOCCOCCOC(=O)C(=C)C.C=CC(=O)OCC(C)O.C=CC(=O)OCCO.C=CCOC(=O)C(=C)C. The third-order valence-electron chi connectivity index (χ3n) is 6.20. The fraction of sp³-hybridized carbons (Fsp3) is 0.469. The Hall–Kier alpha value is -6.78. The normalized spacial score (nSPS) is 11.3. The van der Waals surface area contributed by atoms with Gasteiger partial charge in [-0.15, -0.1) is 0 Å². The van der Waals surface area contributed by atoms with Crippen LogP contribution in [0.25, 0.3) is 0 Å². The number of hydrogen-bond acceptors (Lipinski definition) is 21. The van der Waals surface area contributed by atoms with Gasteiger partial charge in [-0.3, -0.25) is 0 Å². The molecule has 0 bridgehead atoms. The Labute approximate surface area is 411 Å². The van der Waals surface area contributed by atoms with Crippen molar-refractivity contribution in [2.45, 2.75) is 60.7 Å². The minimum absolute atomic E-state index is 0.0325. The smallest absolute Gasteiger partial charge is 0.333 e. The van der Waals surface area contributed by atoms with E-state index in [2.05, 4.69) is 82.9 Å². The number of epoxide rings is 1. The first-order valence-corrected chi connectivity index (χ1v) is 21.0. The number of ether oxygens (including phenoxy) is 11. The summed E-state index contributed by atoms with van der Waals surface area (Å²) in [6.07, 6.45) is 3.16. The van der Waals surface area contributed by atoms with Crippen molar-refractivity contribution < 1.29 is 101 Å². The quantitative estimate of drug-likeness (QED) is 0.0279. The highest BCUT2D eigenvalue weighted by atomic mass is 16.6. The van der Waals surface area contributed by atoms with E-state index in [1.807, 2.05) is 0 Å². The number of rotatable bonds is 28. The predicted octanol–water partition coefficient (Wildman–Crippen LogP) is 4.08. The summed E-state index contributed by atoms with van der Waals surface area (Å²) >= 11 is 0. The highest BCUT2D eigenvalue weighted by Gasteiger charge is 2.24. The number of esters is 8. The molecule has 2 N–H and O–H groups in total. The minimum Gasteiger partial charge on any atom is -0.460 e. The minimum atomic E-state index is -0.603. The number of carbonyl (C=O) groups is 8. The molecule has 70 heavy (non-hydrogen) atoms. The summed E-state index contributed by atoms with van der Waals surface area (Å²) in [6.45, 7) is 44.3. The van der Waals surface area contributed by atoms with Crippen molar-refractivity contribution in [3.63, 3.8) is 0 Å². The van der Waals surface area contributed by atoms with Crippen LogP contribution in [0.15, 0.2) is 111 Å². The summed E-state index contributed by atoms with van der Waals surface area (Å²) in [6, 6.07) is 0. The second-order valence-corrected chi connectivity index (χ2v) is 13.7. The van der Waals surface area contributed by atoms with Crippen LogP contribution in [0.4, 0.5) is 0 Å². The molecule has 0 aromatic carbocycles. The fourth-order valence-corrected chi connectivity index (χ4v) is 2.65. The van der Waals surface area contributed by atoms with Gasteiger partial charge in [0.25, 0.3) is 0 Å². The molecule has 396 valence electrons. The maximum Gasteiger partial charge on any atom is 0.333 e. The van der Waals surface area contributed by atoms with E-state index in [9.17, 15) is 38.4 Å². The zero-order valence-corrected chi connectivity index (χ0v) is 41.8. The van der Waals surface area contributed by atoms with E-state index in [0.717, 1.165) is 12.2 Å². The molecule has 1 rings (SSSR count). The van der Waals surface area contributed by atoms with Crippen LogP contribution < -0.4 is 0 Å². The van der Waals surface area contributed by atoms with E-state index in [-0.39, 0.29) is 70.9 Å². The molecule has 0 spiro atoms. The maximum absolute atomic E-state index is 11.0. The predicted molar refractivity (Wildman–Crippen MR) is 257 cm³/mol. The van der Waals surface area contributed by atoms with Crippen LogP contribution in [-0.2, 0) is 90.5 Å². The van der Waals surface area contributed by atoms with Gasteiger partial charge in [0.2, 0.25) is 0 Å². The van der Waals surface area contributed by atoms with Gasteiger partial charge in [-0.2, -0.15) is 0 Å². The third-order valence-corrected chi connectivity index (χ3v) is 6.20. The molecule has 21 nitrogen and oxygen atoms in total. The molecule has 0 aromatic heterocycles. The lowest BCUT2D eigenvalue weighted by Crippen LogP contribution is -2.15. The summed E-state index contributed by atoms with van der Waals surface area (Å²) in [5, 5.41) is 16.7. The Morgan fingerprint density at radius 1 is 0.500 bits per heavy atom. The average Bonchev–Trinajstić information content (AvgIpc) is 4.15. The van der Waals surface area contributed by atoms with Crippen LogP contribution in [0.1, 0.15) is 48.5 Å². The van der Waals surface area contributed by atoms with E-state index in [4.69, 9.17) is 38.6 Å². The highest BCUT2D eigenvalue weighted by Crippen LogP contribution is 2.09. The van der Waals surface area contributed by atoms with E-state index >= 15 is 0 Å². The Morgan fingerprint density at radius 3 is 1.09 bits per heavy atom. The molecular weight excluding hydrogens is 925 g/mol. The number of carbonyl (C=O) groups excluding carboxylic acids is 8. The lowest BCUT2D eigenvalue weighted by atomic mass is 10.4. The van der Waals surface area contributed by atoms with Gasteiger partial charge >= 0.3 is 47.8 Å². The standard InChI is InChI=1S/C14H22O6.C10H14O4.C7H10O3.C7H10O2.C6H10O3.C5H8O3/c1-11(2)13(15)19-9-7-17-5-6-18-8-10-20-14(16)12(3)4;1-7(2)9(11)13-5-6-14-10(12)8(3)4;1-5(2)7(8)10-4-6-3-9-6;1-4-5-9-7(8)6(2)3;1-3-6(8)9-4-5(2)7;1-2-5(7)8-4-3-6/h1,3,5-10H2,2,4H3;1,3,5-6H2,2,4H3;6H,1,3-4H2,2H3;4H,1-2,5H2,3H3;3,5,7H,1,4H2,2H3;2,6H,1,3-4H2. The summed E-state index contributed by atoms with van der Waals surface area (Å²) in [7, 11) is 0. The third kappa shape index (κ3) is 57.3. The van der Waals surface area contributed by atoms with Crippen LogP contribution in [0, 0.1) is 0 Å². The second kappa shape index (κ2) is 48.7. The van der Waals surface area contributed by atoms with E-state index in [1.54, 1.807) is 41.5 Å². The number of aliphatic hydroxyl groups excluding tert-OH is 2. The largest absolute Gasteiger partial charge is 0.460 e. The van der Waals surface area contributed by atoms with Gasteiger partial charge in [0.15, 0.2) is 0 Å². The zero-order valence-electron chi connectivity index (χ0n) is 41.8. The first-order valence-electron chi connectivity index (χ1n) is 21.0. The van der Waals surface area contributed by atoms with Crippen LogP contribution in [0.3, 0.4) is 0 Å². The van der Waals surface area contributed by atoms with Crippen molar-refractivity contribution >= 4 is 47.8 Å². The zero-order chi connectivity index (χ0) is 55.0. The molecule has 2 unspecified atom stereocenters. The molecule has 0 aromatic rings. The van der Waals surface area contributed by atoms with E-state index in [0.29, 0.717) is 73.1 Å². The van der Waals surface area contributed by atoms with E-state index in [1.165, 1.54) is 13.0 Å². The maximum atomic E-state index is 11.0. The molecular formula is C49H74O21. The second-order valence-electron chi connectivity index (χ2n) is 13.7. The van der Waals surface area contributed by atoms with Crippen LogP contribution in [0.2, 0.25) is 0 Å². The monoisotopic (exact) mass is 998 g/mol. The lowest BCUT2D eigenvalue weighted by molar-refractivity contribution is -0.147. The van der Waals surface area contributed by atoms with Gasteiger partial charge in [0.1, 0.15) is 59.0 Å². The molecule has 1 fully saturated rings. The van der Waals surface area contributed by atoms with Crippen molar-refractivity contribution in [2.75, 3.05) is 92.5 Å². The van der Waals surface area contributed by atoms with Crippen molar-refractivity contribution in [2.24, 2.45) is 0 Å². The molecule has 1 aliphatic rings. The molecule has 0 aliphatic carbocycles. The molecule has 21 heteroatoms. The van der Waals surface area contributed by atoms with Crippen LogP contribution >= 0.6 is 0 Å². The molecule has 2 atom stereocenters. The molecule has 1 heterocycles. The topological polar surface area (TPSA) is 282 Å². The Bertz CT molecular complexity index is 1660. The molecule has 1 saturated heterocycles. The fourth-order valence-electron chi connectivity index (χ4n) is 2.65.